The van der Waals surface area contributed by atoms with Crippen LogP contribution in [0, 0.1) is 0 Å². The minimum Gasteiger partial charge on any atom is -0.465 e. The highest BCUT2D eigenvalue weighted by atomic mass is 35.5. The molecular weight excluding hydrogens is 358 g/mol. The maximum Gasteiger partial charge on any atom is 0.405 e. The van der Waals surface area contributed by atoms with Crippen molar-refractivity contribution in [1.82, 2.24) is 16.0 Å². The van der Waals surface area contributed by atoms with E-state index < -0.39 is 24.1 Å². The Morgan fingerprint density at radius 1 is 1.23 bits per heavy atom. The van der Waals surface area contributed by atoms with Gasteiger partial charge < -0.3 is 21.1 Å². The fourth-order valence-corrected chi connectivity index (χ4v) is 2.82. The molecule has 1 aromatic rings. The normalized spacial score (nSPS) is 23.0. The lowest BCUT2D eigenvalue weighted by Gasteiger charge is -2.22. The van der Waals surface area contributed by atoms with Crippen molar-refractivity contribution in [3.63, 3.8) is 0 Å². The minimum atomic E-state index is -1.24. The van der Waals surface area contributed by atoms with E-state index in [2.05, 4.69) is 16.0 Å². The Bertz CT molecular complexity index is 676. The Hall–Kier alpha value is -2.54. The van der Waals surface area contributed by atoms with Crippen LogP contribution in [0.15, 0.2) is 36.4 Å². The lowest BCUT2D eigenvalue weighted by atomic mass is 10.0. The fraction of sp³-hybridized carbons (Fsp3) is 0.389. The Balaban J connectivity index is 2.16. The fourth-order valence-electron chi connectivity index (χ4n) is 2.69. The molecule has 0 saturated heterocycles. The molecule has 1 aliphatic rings. The molecule has 1 aliphatic heterocycles. The first kappa shape index (κ1) is 19.8. The van der Waals surface area contributed by atoms with Gasteiger partial charge >= 0.3 is 6.09 Å². The number of rotatable bonds is 3. The predicted molar refractivity (Wildman–Crippen MR) is 98.0 cm³/mol. The molecule has 0 aromatic heterocycles. The lowest BCUT2D eigenvalue weighted by Crippen LogP contribution is -2.49. The number of carboxylic acid groups (broad SMARTS) is 1. The number of nitrogens with one attached hydrogen (secondary N) is 3. The third-order valence-electron chi connectivity index (χ3n) is 4.01. The first-order chi connectivity index (χ1) is 12.4. The van der Waals surface area contributed by atoms with E-state index in [4.69, 9.17) is 16.7 Å². The average Bonchev–Trinajstić information content (AvgIpc) is 2.59. The summed E-state index contributed by atoms with van der Waals surface area (Å²) in [6, 6.07) is 5.89. The number of hydrogen-bond donors (Lipinski definition) is 4. The number of hydrogen-bond acceptors (Lipinski definition) is 3. The van der Waals surface area contributed by atoms with Gasteiger partial charge in [0.05, 0.1) is 6.04 Å². The van der Waals surface area contributed by atoms with E-state index in [9.17, 15) is 14.4 Å². The zero-order valence-corrected chi connectivity index (χ0v) is 15.0. The molecule has 26 heavy (non-hydrogen) atoms. The molecule has 2 rings (SSSR count). The van der Waals surface area contributed by atoms with Crippen molar-refractivity contribution in [2.75, 3.05) is 6.54 Å². The molecule has 0 bridgehead atoms. The van der Waals surface area contributed by atoms with Crippen molar-refractivity contribution in [1.29, 1.82) is 0 Å². The van der Waals surface area contributed by atoms with Gasteiger partial charge in [0.15, 0.2) is 0 Å². The minimum absolute atomic E-state index is 0.221. The lowest BCUT2D eigenvalue weighted by molar-refractivity contribution is -0.123. The van der Waals surface area contributed by atoms with Gasteiger partial charge in [0.2, 0.25) is 11.8 Å². The van der Waals surface area contributed by atoms with Crippen LogP contribution in [0.4, 0.5) is 4.79 Å². The summed E-state index contributed by atoms with van der Waals surface area (Å²) in [6.45, 7) is 0.479. The Morgan fingerprint density at radius 3 is 2.65 bits per heavy atom. The molecule has 4 N–H and O–H groups in total. The number of halogens is 1. The highest BCUT2D eigenvalue weighted by molar-refractivity contribution is 6.30. The Morgan fingerprint density at radius 2 is 1.96 bits per heavy atom. The molecule has 0 fully saturated rings. The molecule has 0 radical (unpaired) electrons. The van der Waals surface area contributed by atoms with Gasteiger partial charge in [-0.1, -0.05) is 29.8 Å². The van der Waals surface area contributed by atoms with Crippen LogP contribution < -0.4 is 16.0 Å². The summed E-state index contributed by atoms with van der Waals surface area (Å²) >= 11 is 5.88. The van der Waals surface area contributed by atoms with Crippen LogP contribution in [0.2, 0.25) is 5.02 Å². The molecule has 0 spiro atoms. The van der Waals surface area contributed by atoms with Crippen molar-refractivity contribution in [2.45, 2.75) is 37.8 Å². The van der Waals surface area contributed by atoms with Crippen molar-refractivity contribution in [3.8, 4) is 0 Å². The zero-order valence-electron chi connectivity index (χ0n) is 14.2. The Kier molecular flexibility index (Phi) is 7.47. The highest BCUT2D eigenvalue weighted by Gasteiger charge is 2.22. The largest absolute Gasteiger partial charge is 0.465 e. The van der Waals surface area contributed by atoms with Gasteiger partial charge in [-0.15, -0.1) is 0 Å². The molecule has 3 amide bonds. The number of carbonyl (C=O) groups is 3. The summed E-state index contributed by atoms with van der Waals surface area (Å²) in [5, 5.41) is 17.4. The van der Waals surface area contributed by atoms with Crippen LogP contribution in [-0.2, 0) is 16.0 Å². The summed E-state index contributed by atoms with van der Waals surface area (Å²) in [5.74, 6) is -0.627. The predicted octanol–water partition coefficient (Wildman–Crippen LogP) is 1.86. The third-order valence-corrected chi connectivity index (χ3v) is 4.26. The van der Waals surface area contributed by atoms with E-state index in [1.165, 1.54) is 6.08 Å². The van der Waals surface area contributed by atoms with Crippen LogP contribution in [-0.4, -0.2) is 41.6 Å². The molecule has 140 valence electrons. The van der Waals surface area contributed by atoms with Gasteiger partial charge in [0.1, 0.15) is 6.04 Å². The highest BCUT2D eigenvalue weighted by Crippen LogP contribution is 2.12. The van der Waals surface area contributed by atoms with Crippen LogP contribution in [0.1, 0.15) is 24.8 Å². The molecule has 0 saturated carbocycles. The Labute approximate surface area is 156 Å². The quantitative estimate of drug-likeness (QED) is 0.642. The second-order valence-corrected chi connectivity index (χ2v) is 6.53. The van der Waals surface area contributed by atoms with E-state index in [1.54, 1.807) is 18.2 Å². The molecule has 1 heterocycles. The molecule has 0 unspecified atom stereocenters. The van der Waals surface area contributed by atoms with Gasteiger partial charge in [-0.2, -0.15) is 0 Å². The number of carbonyl (C=O) groups excluding carboxylic acids is 2. The standard InChI is InChI=1S/C18H22ClN3O4/c19-13-6-4-12(5-7-13)11-14-8-9-16(23)20-10-2-1-3-15(17(24)21-14)22-18(25)26/h4-9,14-15,22H,1-3,10-11H2,(H,20,23)(H,21,24)(H,25,26)/b9-8+/t14-,15+/m1/s1. The van der Waals surface area contributed by atoms with Gasteiger partial charge in [0.25, 0.3) is 0 Å². The van der Waals surface area contributed by atoms with Gasteiger partial charge in [0, 0.05) is 17.6 Å². The molecule has 2 atom stereocenters. The molecule has 0 aliphatic carbocycles. The maximum atomic E-state index is 12.5. The number of benzene rings is 1. The van der Waals surface area contributed by atoms with Crippen molar-refractivity contribution < 1.29 is 19.5 Å². The maximum absolute atomic E-state index is 12.5. The second-order valence-electron chi connectivity index (χ2n) is 6.09. The van der Waals surface area contributed by atoms with E-state index in [0.29, 0.717) is 37.3 Å². The van der Waals surface area contributed by atoms with Crippen molar-refractivity contribution in [3.05, 3.63) is 47.0 Å². The van der Waals surface area contributed by atoms with Gasteiger partial charge in [-0.25, -0.2) is 4.79 Å². The average molecular weight is 380 g/mol. The van der Waals surface area contributed by atoms with E-state index in [1.807, 2.05) is 12.1 Å². The van der Waals surface area contributed by atoms with Crippen LogP contribution >= 0.6 is 11.6 Å². The molecule has 7 nitrogen and oxygen atoms in total. The topological polar surface area (TPSA) is 108 Å². The first-order valence-corrected chi connectivity index (χ1v) is 8.82. The second kappa shape index (κ2) is 9.82. The summed E-state index contributed by atoms with van der Waals surface area (Å²) in [6.07, 6.45) is 3.86. The summed E-state index contributed by atoms with van der Waals surface area (Å²) in [7, 11) is 0. The van der Waals surface area contributed by atoms with E-state index in [0.717, 1.165) is 5.56 Å². The summed E-state index contributed by atoms with van der Waals surface area (Å²) in [5.41, 5.74) is 0.930. The SMILES string of the molecule is O=C(O)N[C@H]1CCCCNC(=O)/C=C/[C@H](Cc2ccc(Cl)cc2)NC1=O. The van der Waals surface area contributed by atoms with Crippen LogP contribution in [0.25, 0.3) is 0 Å². The monoisotopic (exact) mass is 379 g/mol. The van der Waals surface area contributed by atoms with Crippen LogP contribution in [0.3, 0.4) is 0 Å². The number of amides is 3. The molecule has 1 aromatic carbocycles. The molecular formula is C18H22ClN3O4. The van der Waals surface area contributed by atoms with E-state index >= 15 is 0 Å². The van der Waals surface area contributed by atoms with Crippen molar-refractivity contribution >= 4 is 29.5 Å². The van der Waals surface area contributed by atoms with Crippen molar-refractivity contribution in [2.24, 2.45) is 0 Å². The van der Waals surface area contributed by atoms with E-state index in [-0.39, 0.29) is 5.91 Å². The van der Waals surface area contributed by atoms with Crippen LogP contribution in [0.5, 0.6) is 0 Å². The summed E-state index contributed by atoms with van der Waals surface area (Å²) in [4.78, 5) is 35.3. The van der Waals surface area contributed by atoms with Gasteiger partial charge in [-0.3, -0.25) is 9.59 Å². The first-order valence-electron chi connectivity index (χ1n) is 8.44. The smallest absolute Gasteiger partial charge is 0.405 e. The summed E-state index contributed by atoms with van der Waals surface area (Å²) < 4.78 is 0. The zero-order chi connectivity index (χ0) is 18.9. The molecule has 8 heteroatoms. The van der Waals surface area contributed by atoms with Gasteiger partial charge in [-0.05, 0) is 43.4 Å². The third kappa shape index (κ3) is 6.76.